The summed E-state index contributed by atoms with van der Waals surface area (Å²) in [6.07, 6.45) is 1.82. The molecule has 0 atom stereocenters. The van der Waals surface area contributed by atoms with Crippen molar-refractivity contribution in [2.24, 2.45) is 11.1 Å². The average Bonchev–Trinajstić information content (AvgIpc) is 2.73. The quantitative estimate of drug-likeness (QED) is 0.769. The normalized spacial score (nSPS) is 15.6. The van der Waals surface area contributed by atoms with Gasteiger partial charge in [0.15, 0.2) is 0 Å². The Balaban J connectivity index is 1.82. The van der Waals surface area contributed by atoms with E-state index in [0.29, 0.717) is 32.5 Å². The van der Waals surface area contributed by atoms with Crippen molar-refractivity contribution in [1.29, 1.82) is 0 Å². The van der Waals surface area contributed by atoms with E-state index < -0.39 is 11.3 Å². The molecule has 0 spiro atoms. The van der Waals surface area contributed by atoms with Gasteiger partial charge in [0.05, 0.1) is 19.1 Å². The molecule has 2 aromatic carbocycles. The first-order valence-electron chi connectivity index (χ1n) is 9.40. The van der Waals surface area contributed by atoms with Gasteiger partial charge in [0.2, 0.25) is 11.8 Å². The van der Waals surface area contributed by atoms with Crippen molar-refractivity contribution in [1.82, 2.24) is 5.32 Å². The molecule has 0 unspecified atom stereocenters. The highest BCUT2D eigenvalue weighted by Gasteiger charge is 2.40. The number of rotatable bonds is 7. The summed E-state index contributed by atoms with van der Waals surface area (Å²) in [7, 11) is 1.65. The lowest BCUT2D eigenvalue weighted by molar-refractivity contribution is -0.137. The zero-order chi connectivity index (χ0) is 20.0. The summed E-state index contributed by atoms with van der Waals surface area (Å²) >= 11 is 0. The Bertz CT molecular complexity index is 827. The number of hydrogen-bond acceptors (Lipinski definition) is 4. The molecular weight excluding hydrogens is 356 g/mol. The van der Waals surface area contributed by atoms with E-state index in [1.165, 1.54) is 0 Å². The summed E-state index contributed by atoms with van der Waals surface area (Å²) in [4.78, 5) is 23.9. The van der Waals surface area contributed by atoms with Gasteiger partial charge in [0, 0.05) is 13.2 Å². The summed E-state index contributed by atoms with van der Waals surface area (Å²) in [5.41, 5.74) is 7.83. The van der Waals surface area contributed by atoms with Crippen molar-refractivity contribution in [2.45, 2.75) is 19.3 Å². The molecule has 148 valence electrons. The number of carbonyl (C=O) groups is 2. The Morgan fingerprint density at radius 1 is 1.11 bits per heavy atom. The van der Waals surface area contributed by atoms with Crippen molar-refractivity contribution in [3.8, 4) is 16.9 Å². The van der Waals surface area contributed by atoms with E-state index in [0.717, 1.165) is 22.4 Å². The van der Waals surface area contributed by atoms with E-state index in [2.05, 4.69) is 17.4 Å². The van der Waals surface area contributed by atoms with E-state index >= 15 is 0 Å². The Morgan fingerprint density at radius 2 is 1.82 bits per heavy atom. The van der Waals surface area contributed by atoms with E-state index in [4.69, 9.17) is 15.2 Å². The van der Waals surface area contributed by atoms with Crippen LogP contribution in [-0.2, 0) is 20.7 Å². The molecule has 6 heteroatoms. The number of nitrogens with one attached hydrogen (secondary N) is 1. The Kier molecular flexibility index (Phi) is 6.31. The van der Waals surface area contributed by atoms with E-state index in [1.54, 1.807) is 7.11 Å². The van der Waals surface area contributed by atoms with Crippen LogP contribution in [-0.4, -0.2) is 38.7 Å². The van der Waals surface area contributed by atoms with E-state index in [9.17, 15) is 9.59 Å². The molecule has 1 fully saturated rings. The minimum atomic E-state index is -0.591. The fraction of sp³-hybridized carbons (Fsp3) is 0.364. The number of nitrogens with two attached hydrogens (primary N) is 1. The molecular formula is C22H26N2O4. The van der Waals surface area contributed by atoms with Gasteiger partial charge in [-0.2, -0.15) is 0 Å². The van der Waals surface area contributed by atoms with Crippen molar-refractivity contribution < 1.29 is 19.1 Å². The predicted molar refractivity (Wildman–Crippen MR) is 107 cm³/mol. The Hall–Kier alpha value is -2.86. The summed E-state index contributed by atoms with van der Waals surface area (Å²) in [5, 5.41) is 2.69. The van der Waals surface area contributed by atoms with Crippen LogP contribution in [0.25, 0.3) is 11.1 Å². The highest BCUT2D eigenvalue weighted by atomic mass is 16.5. The standard InChI is InChI=1S/C22H26N2O4/c1-27-19-7-5-17(6-8-19)18-4-2-3-16(13-18)14-22(9-11-28-12-10-22)21(26)24-15-20(23)25/h2-8,13H,9-12,14-15H2,1H3,(H2,23,25)(H,24,26). The maximum atomic E-state index is 12.9. The van der Waals surface area contributed by atoms with Crippen LogP contribution in [0, 0.1) is 5.41 Å². The number of primary amides is 1. The molecule has 1 saturated heterocycles. The van der Waals surface area contributed by atoms with Crippen LogP contribution >= 0.6 is 0 Å². The third-order valence-corrected chi connectivity index (χ3v) is 5.25. The van der Waals surface area contributed by atoms with Gasteiger partial charge >= 0.3 is 0 Å². The topological polar surface area (TPSA) is 90.6 Å². The van der Waals surface area contributed by atoms with Crippen molar-refractivity contribution >= 4 is 11.8 Å². The molecule has 1 aliphatic rings. The lowest BCUT2D eigenvalue weighted by Gasteiger charge is -2.36. The van der Waals surface area contributed by atoms with Crippen molar-refractivity contribution in [3.05, 3.63) is 54.1 Å². The molecule has 28 heavy (non-hydrogen) atoms. The smallest absolute Gasteiger partial charge is 0.236 e. The average molecular weight is 382 g/mol. The van der Waals surface area contributed by atoms with Crippen LogP contribution in [0.4, 0.5) is 0 Å². The highest BCUT2D eigenvalue weighted by molar-refractivity contribution is 5.87. The third-order valence-electron chi connectivity index (χ3n) is 5.25. The van der Waals surface area contributed by atoms with Crippen LogP contribution in [0.15, 0.2) is 48.5 Å². The summed E-state index contributed by atoms with van der Waals surface area (Å²) in [5.74, 6) is 0.133. The van der Waals surface area contributed by atoms with Crippen LogP contribution in [0.2, 0.25) is 0 Å². The molecule has 3 N–H and O–H groups in total. The van der Waals surface area contributed by atoms with Crippen LogP contribution in [0.1, 0.15) is 18.4 Å². The fourth-order valence-corrected chi connectivity index (χ4v) is 3.64. The Morgan fingerprint density at radius 3 is 2.46 bits per heavy atom. The minimum absolute atomic E-state index is 0.135. The summed E-state index contributed by atoms with van der Waals surface area (Å²) < 4.78 is 10.7. The highest BCUT2D eigenvalue weighted by Crippen LogP contribution is 2.35. The molecule has 3 rings (SSSR count). The number of methoxy groups -OCH3 is 1. The molecule has 6 nitrogen and oxygen atoms in total. The Labute approximate surface area is 165 Å². The van der Waals surface area contributed by atoms with Gasteiger partial charge in [-0.1, -0.05) is 36.4 Å². The van der Waals surface area contributed by atoms with Gasteiger partial charge in [-0.25, -0.2) is 0 Å². The van der Waals surface area contributed by atoms with E-state index in [-0.39, 0.29) is 12.5 Å². The number of amides is 2. The first kappa shape index (κ1) is 19.9. The number of ether oxygens (including phenoxy) is 2. The SMILES string of the molecule is COc1ccc(-c2cccc(CC3(C(=O)NCC(N)=O)CCOCC3)c2)cc1. The monoisotopic (exact) mass is 382 g/mol. The predicted octanol–water partition coefficient (Wildman–Crippen LogP) is 2.30. The second-order valence-corrected chi connectivity index (χ2v) is 7.15. The van der Waals surface area contributed by atoms with Crippen LogP contribution in [0.5, 0.6) is 5.75 Å². The summed E-state index contributed by atoms with van der Waals surface area (Å²) in [6.45, 7) is 0.914. The molecule has 0 saturated carbocycles. The van der Waals surface area contributed by atoms with Crippen molar-refractivity contribution in [2.75, 3.05) is 26.9 Å². The molecule has 0 bridgehead atoms. The van der Waals surface area contributed by atoms with Gasteiger partial charge in [0.25, 0.3) is 0 Å². The molecule has 0 aromatic heterocycles. The molecule has 2 aromatic rings. The number of benzene rings is 2. The zero-order valence-corrected chi connectivity index (χ0v) is 16.1. The largest absolute Gasteiger partial charge is 0.497 e. The van der Waals surface area contributed by atoms with Gasteiger partial charge < -0.3 is 20.5 Å². The second-order valence-electron chi connectivity index (χ2n) is 7.15. The van der Waals surface area contributed by atoms with Gasteiger partial charge in [-0.05, 0) is 48.1 Å². The minimum Gasteiger partial charge on any atom is -0.497 e. The summed E-state index contributed by atoms with van der Waals surface area (Å²) in [6, 6.07) is 16.1. The molecule has 1 heterocycles. The van der Waals surface area contributed by atoms with Crippen molar-refractivity contribution in [3.63, 3.8) is 0 Å². The zero-order valence-electron chi connectivity index (χ0n) is 16.1. The molecule has 2 amide bonds. The van der Waals surface area contributed by atoms with Gasteiger partial charge in [0.1, 0.15) is 5.75 Å². The molecule has 0 aliphatic carbocycles. The second kappa shape index (κ2) is 8.89. The van der Waals surface area contributed by atoms with Gasteiger partial charge in [-0.15, -0.1) is 0 Å². The number of carbonyl (C=O) groups excluding carboxylic acids is 2. The molecule has 0 radical (unpaired) electrons. The van der Waals surface area contributed by atoms with Crippen LogP contribution in [0.3, 0.4) is 0 Å². The third kappa shape index (κ3) is 4.70. The maximum absolute atomic E-state index is 12.9. The van der Waals surface area contributed by atoms with Gasteiger partial charge in [-0.3, -0.25) is 9.59 Å². The lowest BCUT2D eigenvalue weighted by atomic mass is 9.74. The first-order chi connectivity index (χ1) is 13.5. The lowest BCUT2D eigenvalue weighted by Crippen LogP contribution is -2.48. The van der Waals surface area contributed by atoms with E-state index in [1.807, 2.05) is 36.4 Å². The van der Waals surface area contributed by atoms with Crippen LogP contribution < -0.4 is 15.8 Å². The number of hydrogen-bond donors (Lipinski definition) is 2. The first-order valence-corrected chi connectivity index (χ1v) is 9.40. The molecule has 1 aliphatic heterocycles. The fourth-order valence-electron chi connectivity index (χ4n) is 3.64. The maximum Gasteiger partial charge on any atom is 0.236 e.